The third kappa shape index (κ3) is 2.80. The summed E-state index contributed by atoms with van der Waals surface area (Å²) in [5.74, 6) is 0. The van der Waals surface area contributed by atoms with E-state index in [0.717, 1.165) is 16.8 Å². The Balaban J connectivity index is 2.20. The summed E-state index contributed by atoms with van der Waals surface area (Å²) in [6, 6.07) is 8.98. The number of hydrogen-bond acceptors (Lipinski definition) is 2. The minimum Gasteiger partial charge on any atom is -0.364 e. The lowest BCUT2D eigenvalue weighted by molar-refractivity contribution is 0.580. The monoisotopic (exact) mass is 264 g/mol. The van der Waals surface area contributed by atoms with Crippen molar-refractivity contribution in [1.29, 1.82) is 0 Å². The molecule has 5 heteroatoms. The normalized spacial score (nSPS) is 11.7. The van der Waals surface area contributed by atoms with Gasteiger partial charge in [-0.25, -0.2) is 13.1 Å². The predicted octanol–water partition coefficient (Wildman–Crippen LogP) is 2.11. The highest BCUT2D eigenvalue weighted by atomic mass is 32.2. The fourth-order valence-electron chi connectivity index (χ4n) is 1.83. The highest BCUT2D eigenvalue weighted by Gasteiger charge is 2.16. The zero-order chi connectivity index (χ0) is 13.2. The SMILES string of the molecule is Cc1ccc(S(=O)(=O)NCc2ccc[nH]2)c(C)c1. The first kappa shape index (κ1) is 12.9. The van der Waals surface area contributed by atoms with Crippen molar-refractivity contribution in [3.63, 3.8) is 0 Å². The molecular weight excluding hydrogens is 248 g/mol. The van der Waals surface area contributed by atoms with Crippen molar-refractivity contribution in [3.05, 3.63) is 53.3 Å². The summed E-state index contributed by atoms with van der Waals surface area (Å²) in [5.41, 5.74) is 2.65. The Hall–Kier alpha value is -1.59. The molecule has 0 saturated carbocycles. The van der Waals surface area contributed by atoms with Crippen molar-refractivity contribution in [2.45, 2.75) is 25.3 Å². The van der Waals surface area contributed by atoms with Gasteiger partial charge in [0.15, 0.2) is 0 Å². The number of nitrogens with one attached hydrogen (secondary N) is 2. The molecule has 2 aromatic rings. The van der Waals surface area contributed by atoms with Gasteiger partial charge >= 0.3 is 0 Å². The molecule has 0 saturated heterocycles. The topological polar surface area (TPSA) is 62.0 Å². The molecule has 0 bridgehead atoms. The molecule has 2 rings (SSSR count). The molecule has 1 heterocycles. The summed E-state index contributed by atoms with van der Waals surface area (Å²) in [4.78, 5) is 3.29. The summed E-state index contributed by atoms with van der Waals surface area (Å²) < 4.78 is 26.8. The van der Waals surface area contributed by atoms with Gasteiger partial charge in [-0.05, 0) is 37.6 Å². The van der Waals surface area contributed by atoms with E-state index in [1.807, 2.05) is 25.1 Å². The molecule has 0 aliphatic rings. The van der Waals surface area contributed by atoms with Crippen LogP contribution in [0.25, 0.3) is 0 Å². The number of benzene rings is 1. The lowest BCUT2D eigenvalue weighted by atomic mass is 10.2. The first-order valence-electron chi connectivity index (χ1n) is 5.68. The Morgan fingerprint density at radius 3 is 2.61 bits per heavy atom. The number of H-pyrrole nitrogens is 1. The molecule has 96 valence electrons. The molecule has 0 spiro atoms. The van der Waals surface area contributed by atoms with Crippen LogP contribution in [0, 0.1) is 13.8 Å². The van der Waals surface area contributed by atoms with Crippen LogP contribution in [0.2, 0.25) is 0 Å². The van der Waals surface area contributed by atoms with Crippen molar-refractivity contribution in [1.82, 2.24) is 9.71 Å². The number of aryl methyl sites for hydroxylation is 2. The Labute approximate surface area is 107 Å². The molecule has 1 aromatic heterocycles. The Bertz CT molecular complexity index is 631. The van der Waals surface area contributed by atoms with E-state index >= 15 is 0 Å². The van der Waals surface area contributed by atoms with Gasteiger partial charge in [-0.1, -0.05) is 17.7 Å². The zero-order valence-electron chi connectivity index (χ0n) is 10.4. The van der Waals surface area contributed by atoms with Crippen LogP contribution in [0.3, 0.4) is 0 Å². The van der Waals surface area contributed by atoms with Crippen LogP contribution < -0.4 is 4.72 Å². The van der Waals surface area contributed by atoms with E-state index in [1.54, 1.807) is 25.3 Å². The van der Waals surface area contributed by atoms with Gasteiger partial charge in [0.1, 0.15) is 0 Å². The van der Waals surface area contributed by atoms with Gasteiger partial charge in [-0.2, -0.15) is 0 Å². The van der Waals surface area contributed by atoms with E-state index < -0.39 is 10.0 Å². The van der Waals surface area contributed by atoms with Crippen LogP contribution in [-0.4, -0.2) is 13.4 Å². The van der Waals surface area contributed by atoms with E-state index in [9.17, 15) is 8.42 Å². The van der Waals surface area contributed by atoms with Crippen molar-refractivity contribution >= 4 is 10.0 Å². The van der Waals surface area contributed by atoms with Crippen LogP contribution in [0.4, 0.5) is 0 Å². The van der Waals surface area contributed by atoms with Gasteiger partial charge in [0.05, 0.1) is 11.4 Å². The predicted molar refractivity (Wildman–Crippen MR) is 70.7 cm³/mol. The fraction of sp³-hybridized carbons (Fsp3) is 0.231. The highest BCUT2D eigenvalue weighted by molar-refractivity contribution is 7.89. The van der Waals surface area contributed by atoms with Crippen molar-refractivity contribution < 1.29 is 8.42 Å². The lowest BCUT2D eigenvalue weighted by Gasteiger charge is -2.09. The van der Waals surface area contributed by atoms with Gasteiger partial charge in [-0.15, -0.1) is 0 Å². The molecule has 0 radical (unpaired) electrons. The van der Waals surface area contributed by atoms with Crippen LogP contribution >= 0.6 is 0 Å². The Morgan fingerprint density at radius 2 is 2.00 bits per heavy atom. The standard InChI is InChI=1S/C13H16N2O2S/c1-10-5-6-13(11(2)8-10)18(16,17)15-9-12-4-3-7-14-12/h3-8,14-15H,9H2,1-2H3. The van der Waals surface area contributed by atoms with Crippen molar-refractivity contribution in [2.24, 2.45) is 0 Å². The second-order valence-corrected chi connectivity index (χ2v) is 6.02. The molecule has 1 aromatic carbocycles. The van der Waals surface area contributed by atoms with E-state index in [0.29, 0.717) is 4.90 Å². The second-order valence-electron chi connectivity index (χ2n) is 4.29. The molecule has 0 unspecified atom stereocenters. The van der Waals surface area contributed by atoms with Gasteiger partial charge in [0, 0.05) is 11.9 Å². The minimum absolute atomic E-state index is 0.267. The lowest BCUT2D eigenvalue weighted by Crippen LogP contribution is -2.24. The first-order chi connectivity index (χ1) is 8.49. The molecular formula is C13H16N2O2S. The quantitative estimate of drug-likeness (QED) is 0.888. The molecule has 4 nitrogen and oxygen atoms in total. The second kappa shape index (κ2) is 4.96. The number of aromatic nitrogens is 1. The third-order valence-corrected chi connectivity index (χ3v) is 4.30. The number of hydrogen-bond donors (Lipinski definition) is 2. The average molecular weight is 264 g/mol. The van der Waals surface area contributed by atoms with E-state index in [4.69, 9.17) is 0 Å². The Kier molecular flexibility index (Phi) is 3.54. The molecule has 2 N–H and O–H groups in total. The molecule has 0 fully saturated rings. The van der Waals surface area contributed by atoms with E-state index in [-0.39, 0.29) is 6.54 Å². The summed E-state index contributed by atoms with van der Waals surface area (Å²) in [7, 11) is -3.45. The van der Waals surface area contributed by atoms with Crippen molar-refractivity contribution in [2.75, 3.05) is 0 Å². The number of rotatable bonds is 4. The summed E-state index contributed by atoms with van der Waals surface area (Å²) >= 11 is 0. The average Bonchev–Trinajstić information content (AvgIpc) is 2.78. The van der Waals surface area contributed by atoms with Gasteiger partial charge in [0.2, 0.25) is 10.0 Å². The van der Waals surface area contributed by atoms with Gasteiger partial charge in [0.25, 0.3) is 0 Å². The van der Waals surface area contributed by atoms with Crippen molar-refractivity contribution in [3.8, 4) is 0 Å². The van der Waals surface area contributed by atoms with Crippen LogP contribution in [0.15, 0.2) is 41.4 Å². The zero-order valence-corrected chi connectivity index (χ0v) is 11.2. The smallest absolute Gasteiger partial charge is 0.241 e. The van der Waals surface area contributed by atoms with E-state index in [2.05, 4.69) is 9.71 Å². The maximum Gasteiger partial charge on any atom is 0.241 e. The number of sulfonamides is 1. The molecule has 0 aliphatic heterocycles. The van der Waals surface area contributed by atoms with Crippen LogP contribution in [0.1, 0.15) is 16.8 Å². The molecule has 0 atom stereocenters. The minimum atomic E-state index is -3.45. The third-order valence-electron chi connectivity index (χ3n) is 2.73. The van der Waals surface area contributed by atoms with E-state index in [1.165, 1.54) is 0 Å². The summed E-state index contributed by atoms with van der Waals surface area (Å²) in [6.07, 6.45) is 1.76. The van der Waals surface area contributed by atoms with Crippen LogP contribution in [0.5, 0.6) is 0 Å². The summed E-state index contributed by atoms with van der Waals surface area (Å²) in [6.45, 7) is 4.01. The van der Waals surface area contributed by atoms with Gasteiger partial charge in [-0.3, -0.25) is 0 Å². The van der Waals surface area contributed by atoms with Gasteiger partial charge < -0.3 is 4.98 Å². The molecule has 0 aliphatic carbocycles. The fourth-order valence-corrected chi connectivity index (χ4v) is 3.06. The summed E-state index contributed by atoms with van der Waals surface area (Å²) in [5, 5.41) is 0. The maximum absolute atomic E-state index is 12.1. The molecule has 18 heavy (non-hydrogen) atoms. The Morgan fingerprint density at radius 1 is 1.22 bits per heavy atom. The largest absolute Gasteiger partial charge is 0.364 e. The molecule has 0 amide bonds. The number of aromatic amines is 1. The maximum atomic E-state index is 12.1. The highest BCUT2D eigenvalue weighted by Crippen LogP contribution is 2.16. The first-order valence-corrected chi connectivity index (χ1v) is 7.16. The van der Waals surface area contributed by atoms with Crippen LogP contribution in [-0.2, 0) is 16.6 Å².